The number of hydrogen-bond acceptors (Lipinski definition) is 12. The average Bonchev–Trinajstić information content (AvgIpc) is 1.77. The predicted molar refractivity (Wildman–Crippen MR) is 319 cm³/mol. The van der Waals surface area contributed by atoms with Gasteiger partial charge in [0.1, 0.15) is 30.2 Å². The summed E-state index contributed by atoms with van der Waals surface area (Å²) in [5, 5.41) is 10.5. The van der Waals surface area contributed by atoms with Crippen LogP contribution in [0.2, 0.25) is 0 Å². The molecule has 0 saturated carbocycles. The number of amides is 9. The van der Waals surface area contributed by atoms with Crippen molar-refractivity contribution in [3.8, 4) is 11.8 Å². The number of nitrogens with two attached hydrogens (primary N) is 1. The molecule has 4 aromatic rings. The summed E-state index contributed by atoms with van der Waals surface area (Å²) in [4.78, 5) is 147. The summed E-state index contributed by atoms with van der Waals surface area (Å²) >= 11 is 0.814. The second kappa shape index (κ2) is 27.3. The second-order valence-electron chi connectivity index (χ2n) is 24.5. The van der Waals surface area contributed by atoms with E-state index in [1.54, 1.807) is 17.0 Å². The van der Waals surface area contributed by atoms with Crippen molar-refractivity contribution in [3.63, 3.8) is 0 Å². The fraction of sp³-hybridized carbons (Fsp3) is 0.500. The molecule has 4 fully saturated rings. The molecule has 476 valence electrons. The van der Waals surface area contributed by atoms with Crippen molar-refractivity contribution >= 4 is 82.2 Å². The van der Waals surface area contributed by atoms with E-state index in [0.717, 1.165) is 52.6 Å². The molecule has 5 aliphatic rings. The van der Waals surface area contributed by atoms with E-state index in [9.17, 15) is 75.1 Å². The van der Waals surface area contributed by atoms with Crippen molar-refractivity contribution in [3.05, 3.63) is 105 Å². The molecule has 9 amide bonds. The summed E-state index contributed by atoms with van der Waals surface area (Å²) in [6.07, 6.45) is -0.101. The molecule has 6 atom stereocenters. The normalized spacial score (nSPS) is 21.1. The van der Waals surface area contributed by atoms with Gasteiger partial charge in [0.2, 0.25) is 41.4 Å². The van der Waals surface area contributed by atoms with Crippen LogP contribution in [0.5, 0.6) is 0 Å². The van der Waals surface area contributed by atoms with Crippen LogP contribution in [0.3, 0.4) is 0 Å². The Morgan fingerprint density at radius 2 is 1.60 bits per heavy atom. The number of alkyl halides is 4. The van der Waals surface area contributed by atoms with Crippen LogP contribution in [0, 0.1) is 17.8 Å². The Morgan fingerprint density at radius 1 is 0.876 bits per heavy atom. The van der Waals surface area contributed by atoms with Gasteiger partial charge in [-0.05, 0) is 115 Å². The van der Waals surface area contributed by atoms with Crippen molar-refractivity contribution in [2.24, 2.45) is 11.7 Å². The summed E-state index contributed by atoms with van der Waals surface area (Å²) < 4.78 is 69.0. The zero-order valence-electron chi connectivity index (χ0n) is 49.4. The van der Waals surface area contributed by atoms with Gasteiger partial charge < -0.3 is 46.2 Å². The number of benzene rings is 3. The number of rotatable bonds is 19. The number of primary amides is 1. The molecule has 9 rings (SSSR count). The molecule has 21 nitrogen and oxygen atoms in total. The van der Waals surface area contributed by atoms with Crippen molar-refractivity contribution in [2.75, 3.05) is 32.7 Å². The average molecular weight is 1270 g/mol. The van der Waals surface area contributed by atoms with Gasteiger partial charge in [-0.3, -0.25) is 57.9 Å². The maximum Gasteiger partial charge on any atom is 0.399 e. The van der Waals surface area contributed by atoms with Crippen LogP contribution >= 0.6 is 18.9 Å². The molecule has 5 aliphatic heterocycles. The molecule has 27 heteroatoms. The molecule has 1 unspecified atom stereocenters. The summed E-state index contributed by atoms with van der Waals surface area (Å²) in [6, 6.07) is 10.0. The summed E-state index contributed by atoms with van der Waals surface area (Å²) in [5.74, 6) is 1.02. The summed E-state index contributed by atoms with van der Waals surface area (Å²) in [5.41, 5.74) is 3.48. The Morgan fingerprint density at radius 3 is 2.27 bits per heavy atom. The number of halogens is 4. The largest absolute Gasteiger partial charge is 0.399 e. The maximum absolute atomic E-state index is 14.8. The second-order valence-corrected chi connectivity index (χ2v) is 27.3. The molecular formula is C62H72F4N9O12PS. The number of nitrogens with zero attached hydrogens (tertiary/aromatic N) is 4. The van der Waals surface area contributed by atoms with Crippen LogP contribution in [0.4, 0.5) is 17.6 Å². The van der Waals surface area contributed by atoms with Crippen LogP contribution in [0.1, 0.15) is 139 Å². The van der Waals surface area contributed by atoms with E-state index in [1.807, 2.05) is 30.3 Å². The van der Waals surface area contributed by atoms with Crippen molar-refractivity contribution < 1.29 is 75.1 Å². The van der Waals surface area contributed by atoms with Gasteiger partial charge in [0.05, 0.1) is 11.4 Å². The van der Waals surface area contributed by atoms with Crippen molar-refractivity contribution in [1.29, 1.82) is 0 Å². The van der Waals surface area contributed by atoms with E-state index in [1.165, 1.54) is 20.8 Å². The molecule has 0 aliphatic carbocycles. The number of carbonyl (C=O) groups excluding carboxylic acids is 9. The van der Waals surface area contributed by atoms with Gasteiger partial charge in [-0.2, -0.15) is 8.78 Å². The highest BCUT2D eigenvalue weighted by Gasteiger charge is 2.51. The first-order valence-corrected chi connectivity index (χ1v) is 32.1. The maximum atomic E-state index is 14.8. The fourth-order valence-corrected chi connectivity index (χ4v) is 13.8. The number of imide groups is 1. The van der Waals surface area contributed by atoms with Crippen LogP contribution in [0.25, 0.3) is 10.1 Å². The summed E-state index contributed by atoms with van der Waals surface area (Å²) in [7, 11) is -5.94. The minimum Gasteiger partial charge on any atom is -0.370 e. The fourth-order valence-electron chi connectivity index (χ4n) is 12.4. The lowest BCUT2D eigenvalue weighted by Crippen LogP contribution is -2.62. The molecular weight excluding hydrogens is 1200 g/mol. The molecule has 0 radical (unpaired) electrons. The number of carbonyl (C=O) groups is 9. The highest BCUT2D eigenvalue weighted by molar-refractivity contribution is 7.52. The van der Waals surface area contributed by atoms with Gasteiger partial charge >= 0.3 is 13.3 Å². The first-order chi connectivity index (χ1) is 42.1. The first kappa shape index (κ1) is 65.9. The van der Waals surface area contributed by atoms with E-state index in [2.05, 4.69) is 53.9 Å². The SMILES string of the molecule is CC(C)(C)c1ccc(C[C@H](NC(=O)[C@H](CCC(N)=O)NC(=O)[C@@H]2CC[C@@H]3CCN(CC(F)F)C[C@H](NC(=O)c4cc5cc(C(F)(F)P(=O)(O)O)ccc5s4)C(=O)N32)C(=O)N2CCC(CCC#Cc3cccc4c3CN(C3CCC(=O)NC3=O)C4=O)CC2)cc1. The predicted octanol–water partition coefficient (Wildman–Crippen LogP) is 5.16. The minimum atomic E-state index is -5.94. The number of piperidine rings is 2. The smallest absolute Gasteiger partial charge is 0.370 e. The van der Waals surface area contributed by atoms with Crippen LogP contribution in [0.15, 0.2) is 66.7 Å². The Bertz CT molecular complexity index is 3540. The lowest BCUT2D eigenvalue weighted by Gasteiger charge is -2.38. The van der Waals surface area contributed by atoms with Crippen LogP contribution < -0.4 is 27.0 Å². The third-order valence-electron chi connectivity index (χ3n) is 17.3. The van der Waals surface area contributed by atoms with Gasteiger partial charge in [-0.15, -0.1) is 11.3 Å². The number of fused-ring (bicyclic) bond motifs is 3. The van der Waals surface area contributed by atoms with Crippen molar-refractivity contribution in [1.82, 2.24) is 40.9 Å². The minimum absolute atomic E-state index is 0.0281. The zero-order valence-corrected chi connectivity index (χ0v) is 51.1. The molecule has 6 heterocycles. The van der Waals surface area contributed by atoms with E-state index in [0.29, 0.717) is 43.5 Å². The summed E-state index contributed by atoms with van der Waals surface area (Å²) in [6.45, 7) is 5.95. The molecule has 3 aromatic carbocycles. The van der Waals surface area contributed by atoms with Gasteiger partial charge in [-0.25, -0.2) is 8.78 Å². The third kappa shape index (κ3) is 15.4. The molecule has 89 heavy (non-hydrogen) atoms. The number of likely N-dealkylation sites (tertiary alicyclic amines) is 1. The molecule has 4 saturated heterocycles. The van der Waals surface area contributed by atoms with E-state index < -0.39 is 110 Å². The van der Waals surface area contributed by atoms with E-state index in [4.69, 9.17) is 5.73 Å². The van der Waals surface area contributed by atoms with Crippen molar-refractivity contribution in [2.45, 2.75) is 158 Å². The highest BCUT2D eigenvalue weighted by Crippen LogP contribution is 2.59. The van der Waals surface area contributed by atoms with Gasteiger partial charge in [0.25, 0.3) is 18.2 Å². The Kier molecular flexibility index (Phi) is 20.2. The molecule has 8 N–H and O–H groups in total. The third-order valence-corrected chi connectivity index (χ3v) is 19.4. The standard InChI is InChI=1S/C62H72F4N9O12PS/c1-61(2,3)39-13-11-36(12-14-39)29-45(59(83)73-27-23-35(24-28-73)7-4-5-8-37-9-6-10-42-43(37)32-74(58(42)82)47-19-22-53(77)71-55(47)79)69-54(78)44(17-21-52(67)76)68-56(80)48-18-16-41-25-26-72(34-51(63)64)33-46(60(84)75(41)48)70-57(81)50-31-38-30-40(15-20-49(38)89-50)62(65,66)88(85,86)87/h6,9-15,20,30-31,35,41,44-48,51H,4,7,16-19,21-29,32-34H2,1-3H3,(H2,67,76)(H,68,80)(H,69,78)(H,70,81)(H,71,77,79)(H2,85,86,87)/t41-,44+,45+,46+,47?,48+/m1/s1. The zero-order chi connectivity index (χ0) is 64.3. The molecule has 0 spiro atoms. The number of nitrogens with one attached hydrogen (secondary N) is 4. The van der Waals surface area contributed by atoms with E-state index in [-0.39, 0.29) is 108 Å². The Balaban J connectivity index is 0.875. The van der Waals surface area contributed by atoms with Crippen LogP contribution in [-0.2, 0) is 62.2 Å². The monoisotopic (exact) mass is 1270 g/mol. The van der Waals surface area contributed by atoms with E-state index >= 15 is 0 Å². The number of thiophene rings is 1. The lowest BCUT2D eigenvalue weighted by molar-refractivity contribution is -0.144. The highest BCUT2D eigenvalue weighted by atomic mass is 32.1. The van der Waals surface area contributed by atoms with Gasteiger partial charge in [0, 0.05) is 85.8 Å². The quantitative estimate of drug-likeness (QED) is 0.0277. The first-order valence-electron chi connectivity index (χ1n) is 29.7. The lowest BCUT2D eigenvalue weighted by atomic mass is 9.86. The molecule has 1 aromatic heterocycles. The number of hydrogen-bond donors (Lipinski definition) is 7. The van der Waals surface area contributed by atoms with Gasteiger partial charge in [0.15, 0.2) is 0 Å². The van der Waals surface area contributed by atoms with Crippen LogP contribution in [-0.4, -0.2) is 158 Å². The molecule has 0 bridgehead atoms. The topological polar surface area (TPSA) is 298 Å². The van der Waals surface area contributed by atoms with Gasteiger partial charge in [-0.1, -0.05) is 69.0 Å². The Labute approximate surface area is 515 Å². The Hall–Kier alpha value is -7.56.